The summed E-state index contributed by atoms with van der Waals surface area (Å²) >= 11 is 0. The SMILES string of the molecule is CC1CN(C)CCN1c1cc(F)cc(/C=C/C(=O)O)c1. The summed E-state index contributed by atoms with van der Waals surface area (Å²) in [4.78, 5) is 14.9. The smallest absolute Gasteiger partial charge is 0.328 e. The maximum absolute atomic E-state index is 13.7. The minimum absolute atomic E-state index is 0.298. The Morgan fingerprint density at radius 1 is 1.40 bits per heavy atom. The van der Waals surface area contributed by atoms with E-state index < -0.39 is 5.97 Å². The van der Waals surface area contributed by atoms with Crippen LogP contribution in [0.2, 0.25) is 0 Å². The molecule has 4 nitrogen and oxygen atoms in total. The third-order valence-electron chi connectivity index (χ3n) is 3.49. The van der Waals surface area contributed by atoms with Gasteiger partial charge in [0, 0.05) is 37.4 Å². The topological polar surface area (TPSA) is 43.8 Å². The number of benzene rings is 1. The number of hydrogen-bond acceptors (Lipinski definition) is 3. The first kappa shape index (κ1) is 14.5. The fraction of sp³-hybridized carbons (Fsp3) is 0.400. The molecule has 1 aliphatic heterocycles. The van der Waals surface area contributed by atoms with Gasteiger partial charge in [0.05, 0.1) is 0 Å². The highest BCUT2D eigenvalue weighted by Gasteiger charge is 2.22. The Hall–Kier alpha value is -1.88. The summed E-state index contributed by atoms with van der Waals surface area (Å²) < 4.78 is 13.7. The lowest BCUT2D eigenvalue weighted by molar-refractivity contribution is -0.131. The zero-order valence-electron chi connectivity index (χ0n) is 11.7. The van der Waals surface area contributed by atoms with Crippen molar-refractivity contribution >= 4 is 17.7 Å². The van der Waals surface area contributed by atoms with Crippen LogP contribution in [-0.2, 0) is 4.79 Å². The van der Waals surface area contributed by atoms with Crippen molar-refractivity contribution in [2.75, 3.05) is 31.6 Å². The van der Waals surface area contributed by atoms with Crippen LogP contribution in [0, 0.1) is 5.82 Å². The number of carbonyl (C=O) groups is 1. The number of carboxylic acids is 1. The third-order valence-corrected chi connectivity index (χ3v) is 3.49. The standard InChI is InChI=1S/C15H19FN2O2/c1-11-10-17(2)5-6-18(11)14-8-12(3-4-15(19)20)7-13(16)9-14/h3-4,7-9,11H,5-6,10H2,1-2H3,(H,19,20)/b4-3+. The summed E-state index contributed by atoms with van der Waals surface area (Å²) in [5.74, 6) is -1.39. The van der Waals surface area contributed by atoms with E-state index in [0.717, 1.165) is 31.4 Å². The highest BCUT2D eigenvalue weighted by atomic mass is 19.1. The van der Waals surface area contributed by atoms with Gasteiger partial charge < -0.3 is 14.9 Å². The highest BCUT2D eigenvalue weighted by molar-refractivity contribution is 5.85. The molecular weight excluding hydrogens is 259 g/mol. The summed E-state index contributed by atoms with van der Waals surface area (Å²) in [5.41, 5.74) is 1.36. The van der Waals surface area contributed by atoms with Crippen molar-refractivity contribution in [3.63, 3.8) is 0 Å². The van der Waals surface area contributed by atoms with Crippen molar-refractivity contribution in [3.8, 4) is 0 Å². The highest BCUT2D eigenvalue weighted by Crippen LogP contribution is 2.23. The number of halogens is 1. The Morgan fingerprint density at radius 3 is 2.80 bits per heavy atom. The Balaban J connectivity index is 2.25. The molecular formula is C15H19FN2O2. The number of aliphatic carboxylic acids is 1. The molecule has 0 aromatic heterocycles. The molecule has 1 aromatic rings. The summed E-state index contributed by atoms with van der Waals surface area (Å²) in [5, 5.41) is 8.64. The second-order valence-electron chi connectivity index (χ2n) is 5.22. The van der Waals surface area contributed by atoms with Gasteiger partial charge in [0.2, 0.25) is 0 Å². The number of likely N-dealkylation sites (N-methyl/N-ethyl adjacent to an activating group) is 1. The van der Waals surface area contributed by atoms with Gasteiger partial charge in [0.15, 0.2) is 0 Å². The number of carboxylic acid groups (broad SMARTS) is 1. The maximum Gasteiger partial charge on any atom is 0.328 e. The molecule has 0 aliphatic carbocycles. The molecule has 1 atom stereocenters. The van der Waals surface area contributed by atoms with Gasteiger partial charge in [-0.2, -0.15) is 0 Å². The van der Waals surface area contributed by atoms with Gasteiger partial charge in [0.1, 0.15) is 5.82 Å². The van der Waals surface area contributed by atoms with E-state index in [1.54, 1.807) is 0 Å². The predicted octanol–water partition coefficient (Wildman–Crippen LogP) is 2.06. The van der Waals surface area contributed by atoms with Crippen LogP contribution >= 0.6 is 0 Å². The molecule has 1 saturated heterocycles. The lowest BCUT2D eigenvalue weighted by atomic mass is 10.1. The molecule has 0 amide bonds. The molecule has 1 fully saturated rings. The molecule has 2 rings (SSSR count). The quantitative estimate of drug-likeness (QED) is 0.860. The number of piperazine rings is 1. The van der Waals surface area contributed by atoms with Crippen LogP contribution in [0.1, 0.15) is 12.5 Å². The molecule has 0 bridgehead atoms. The lowest BCUT2D eigenvalue weighted by Crippen LogP contribution is -2.50. The van der Waals surface area contributed by atoms with Crippen molar-refractivity contribution in [1.82, 2.24) is 4.90 Å². The lowest BCUT2D eigenvalue weighted by Gasteiger charge is -2.40. The molecule has 5 heteroatoms. The average molecular weight is 278 g/mol. The number of hydrogen-bond donors (Lipinski definition) is 1. The van der Waals surface area contributed by atoms with Crippen molar-refractivity contribution in [2.24, 2.45) is 0 Å². The van der Waals surface area contributed by atoms with Crippen molar-refractivity contribution in [1.29, 1.82) is 0 Å². The largest absolute Gasteiger partial charge is 0.478 e. The number of nitrogens with zero attached hydrogens (tertiary/aromatic N) is 2. The summed E-state index contributed by atoms with van der Waals surface area (Å²) in [6, 6.07) is 4.96. The molecule has 1 aliphatic rings. The van der Waals surface area contributed by atoms with Crippen LogP contribution in [0.3, 0.4) is 0 Å². The van der Waals surface area contributed by atoms with Crippen LogP contribution in [0.25, 0.3) is 6.08 Å². The van der Waals surface area contributed by atoms with E-state index >= 15 is 0 Å². The van der Waals surface area contributed by atoms with E-state index in [0.29, 0.717) is 11.6 Å². The average Bonchev–Trinajstić information content (AvgIpc) is 2.35. The van der Waals surface area contributed by atoms with Gasteiger partial charge in [-0.15, -0.1) is 0 Å². The van der Waals surface area contributed by atoms with E-state index in [2.05, 4.69) is 23.8 Å². The molecule has 1 unspecified atom stereocenters. The molecule has 0 spiro atoms. The van der Waals surface area contributed by atoms with Crippen LogP contribution < -0.4 is 4.90 Å². The summed E-state index contributed by atoms with van der Waals surface area (Å²) in [6.45, 7) is 4.80. The Kier molecular flexibility index (Phi) is 4.39. The summed E-state index contributed by atoms with van der Waals surface area (Å²) in [6.07, 6.45) is 2.43. The normalized spacial score (nSPS) is 20.6. The van der Waals surface area contributed by atoms with E-state index in [1.165, 1.54) is 18.2 Å². The summed E-state index contributed by atoms with van der Waals surface area (Å²) in [7, 11) is 2.07. The van der Waals surface area contributed by atoms with Gasteiger partial charge in [-0.1, -0.05) is 0 Å². The van der Waals surface area contributed by atoms with Gasteiger partial charge in [-0.05, 0) is 43.8 Å². The zero-order chi connectivity index (χ0) is 14.7. The van der Waals surface area contributed by atoms with Crippen molar-refractivity contribution in [3.05, 3.63) is 35.7 Å². The first-order valence-corrected chi connectivity index (χ1v) is 6.62. The zero-order valence-corrected chi connectivity index (χ0v) is 11.7. The molecule has 108 valence electrons. The second-order valence-corrected chi connectivity index (χ2v) is 5.22. The van der Waals surface area contributed by atoms with E-state index in [1.807, 2.05) is 6.07 Å². The van der Waals surface area contributed by atoms with E-state index in [4.69, 9.17) is 5.11 Å². The second kappa shape index (κ2) is 6.05. The Bertz CT molecular complexity index is 531. The molecule has 0 radical (unpaired) electrons. The van der Waals surface area contributed by atoms with Crippen molar-refractivity contribution in [2.45, 2.75) is 13.0 Å². The fourth-order valence-electron chi connectivity index (χ4n) is 2.55. The number of rotatable bonds is 3. The fourth-order valence-corrected chi connectivity index (χ4v) is 2.55. The van der Waals surface area contributed by atoms with Gasteiger partial charge in [0.25, 0.3) is 0 Å². The van der Waals surface area contributed by atoms with Gasteiger partial charge in [-0.25, -0.2) is 9.18 Å². The first-order valence-electron chi connectivity index (χ1n) is 6.62. The predicted molar refractivity (Wildman–Crippen MR) is 77.4 cm³/mol. The Labute approximate surface area is 118 Å². The van der Waals surface area contributed by atoms with Gasteiger partial charge in [-0.3, -0.25) is 0 Å². The van der Waals surface area contributed by atoms with Crippen LogP contribution in [0.15, 0.2) is 24.3 Å². The molecule has 1 aromatic carbocycles. The van der Waals surface area contributed by atoms with Crippen LogP contribution in [-0.4, -0.2) is 48.7 Å². The van der Waals surface area contributed by atoms with Crippen LogP contribution in [0.5, 0.6) is 0 Å². The maximum atomic E-state index is 13.7. The third kappa shape index (κ3) is 3.57. The first-order chi connectivity index (χ1) is 9.45. The van der Waals surface area contributed by atoms with Crippen molar-refractivity contribution < 1.29 is 14.3 Å². The minimum Gasteiger partial charge on any atom is -0.478 e. The molecule has 0 saturated carbocycles. The molecule has 1 N–H and O–H groups in total. The molecule has 20 heavy (non-hydrogen) atoms. The monoisotopic (exact) mass is 278 g/mol. The van der Waals surface area contributed by atoms with E-state index in [-0.39, 0.29) is 5.82 Å². The minimum atomic E-state index is -1.04. The number of anilines is 1. The molecule has 1 heterocycles. The van der Waals surface area contributed by atoms with Gasteiger partial charge >= 0.3 is 5.97 Å². The Morgan fingerprint density at radius 2 is 2.15 bits per heavy atom. The van der Waals surface area contributed by atoms with Crippen LogP contribution in [0.4, 0.5) is 10.1 Å². The van der Waals surface area contributed by atoms with E-state index in [9.17, 15) is 9.18 Å².